The second-order valence-electron chi connectivity index (χ2n) is 7.11. The molecule has 2 amide bonds. The number of carbonyl (C=O) groups excluding carboxylic acids is 1. The summed E-state index contributed by atoms with van der Waals surface area (Å²) in [6.07, 6.45) is 7.83. The number of carboxylic acids is 1. The number of nitrogens with one attached hydrogen (secondary N) is 1. The minimum absolute atomic E-state index is 0.0987. The highest BCUT2D eigenvalue weighted by Gasteiger charge is 2.42. The van der Waals surface area contributed by atoms with Gasteiger partial charge in [0.1, 0.15) is 0 Å². The number of urea groups is 1. The highest BCUT2D eigenvalue weighted by molar-refractivity contribution is 5.79. The number of amides is 2. The predicted octanol–water partition coefficient (Wildman–Crippen LogP) is 2.85. The lowest BCUT2D eigenvalue weighted by Gasteiger charge is -2.37. The number of likely N-dealkylation sites (tertiary alicyclic amines) is 1. The Kier molecular flexibility index (Phi) is 4.79. The van der Waals surface area contributed by atoms with E-state index in [0.717, 1.165) is 13.0 Å². The molecular weight excluding hydrogens is 268 g/mol. The van der Waals surface area contributed by atoms with Gasteiger partial charge < -0.3 is 15.3 Å². The van der Waals surface area contributed by atoms with Crippen molar-refractivity contribution in [3.8, 4) is 0 Å². The fourth-order valence-electron chi connectivity index (χ4n) is 3.64. The van der Waals surface area contributed by atoms with Gasteiger partial charge in [-0.05, 0) is 38.0 Å². The number of carbonyl (C=O) groups is 2. The van der Waals surface area contributed by atoms with E-state index in [9.17, 15) is 14.7 Å². The Morgan fingerprint density at radius 2 is 1.86 bits per heavy atom. The molecule has 0 aromatic rings. The average Bonchev–Trinajstić information content (AvgIpc) is 2.90. The molecule has 1 aliphatic carbocycles. The summed E-state index contributed by atoms with van der Waals surface area (Å²) in [4.78, 5) is 25.2. The zero-order valence-electron chi connectivity index (χ0n) is 13.3. The summed E-state index contributed by atoms with van der Waals surface area (Å²) < 4.78 is 0. The summed E-state index contributed by atoms with van der Waals surface area (Å²) in [5.74, 6) is -0.810. The van der Waals surface area contributed by atoms with Crippen molar-refractivity contribution >= 4 is 12.0 Å². The van der Waals surface area contributed by atoms with Gasteiger partial charge in [-0.25, -0.2) is 4.79 Å². The Morgan fingerprint density at radius 3 is 2.38 bits per heavy atom. The van der Waals surface area contributed by atoms with E-state index in [-0.39, 0.29) is 11.4 Å². The third-order valence-corrected chi connectivity index (χ3v) is 5.56. The first-order valence-electron chi connectivity index (χ1n) is 8.17. The molecule has 2 N–H and O–H groups in total. The predicted molar refractivity (Wildman–Crippen MR) is 81.1 cm³/mol. The van der Waals surface area contributed by atoms with Crippen LogP contribution in [0.2, 0.25) is 0 Å². The van der Waals surface area contributed by atoms with Crippen molar-refractivity contribution < 1.29 is 14.7 Å². The van der Waals surface area contributed by atoms with Crippen LogP contribution in [-0.2, 0) is 4.79 Å². The third kappa shape index (κ3) is 3.50. The van der Waals surface area contributed by atoms with E-state index in [4.69, 9.17) is 0 Å². The van der Waals surface area contributed by atoms with E-state index in [1.54, 1.807) is 11.8 Å². The Bertz CT molecular complexity index is 404. The van der Waals surface area contributed by atoms with Gasteiger partial charge in [0.25, 0.3) is 0 Å². The number of hydrogen-bond acceptors (Lipinski definition) is 2. The number of carboxylic acid groups (broad SMARTS) is 1. The van der Waals surface area contributed by atoms with E-state index < -0.39 is 11.4 Å². The van der Waals surface area contributed by atoms with Crippen LogP contribution in [-0.4, -0.2) is 41.6 Å². The second-order valence-corrected chi connectivity index (χ2v) is 7.11. The van der Waals surface area contributed by atoms with Gasteiger partial charge in [0.2, 0.25) is 0 Å². The normalized spacial score (nSPS) is 28.4. The molecule has 120 valence electrons. The van der Waals surface area contributed by atoms with Crippen LogP contribution >= 0.6 is 0 Å². The molecule has 5 heteroatoms. The first-order valence-corrected chi connectivity index (χ1v) is 8.17. The zero-order valence-corrected chi connectivity index (χ0v) is 13.3. The van der Waals surface area contributed by atoms with Crippen LogP contribution in [0.25, 0.3) is 0 Å². The highest BCUT2D eigenvalue weighted by Crippen LogP contribution is 2.38. The topological polar surface area (TPSA) is 69.6 Å². The fourth-order valence-corrected chi connectivity index (χ4v) is 3.64. The standard InChI is InChI=1S/C16H28N2O3/c1-3-16(7-5-4-6-8-16)11-17-14(21)18-10-9-15(2,12-18)13(19)20/h3-12H2,1-2H3,(H,17,21)(H,19,20). The van der Waals surface area contributed by atoms with Crippen molar-refractivity contribution in [2.75, 3.05) is 19.6 Å². The van der Waals surface area contributed by atoms with Crippen molar-refractivity contribution in [1.29, 1.82) is 0 Å². The molecule has 2 fully saturated rings. The van der Waals surface area contributed by atoms with Crippen molar-refractivity contribution in [2.45, 2.75) is 58.8 Å². The molecule has 0 aromatic carbocycles. The quantitative estimate of drug-likeness (QED) is 0.838. The number of hydrogen-bond donors (Lipinski definition) is 2. The summed E-state index contributed by atoms with van der Waals surface area (Å²) in [5, 5.41) is 12.3. The zero-order chi connectivity index (χ0) is 15.5. The number of aliphatic carboxylic acids is 1. The average molecular weight is 296 g/mol. The van der Waals surface area contributed by atoms with E-state index in [1.807, 2.05) is 0 Å². The molecule has 1 atom stereocenters. The lowest BCUT2D eigenvalue weighted by Crippen LogP contribution is -2.45. The summed E-state index contributed by atoms with van der Waals surface area (Å²) in [7, 11) is 0. The molecule has 0 aromatic heterocycles. The van der Waals surface area contributed by atoms with Crippen molar-refractivity contribution in [1.82, 2.24) is 10.2 Å². The highest BCUT2D eigenvalue weighted by atomic mass is 16.4. The Balaban J connectivity index is 1.86. The minimum atomic E-state index is -0.810. The molecule has 2 aliphatic rings. The molecule has 0 radical (unpaired) electrons. The molecule has 1 heterocycles. The summed E-state index contributed by atoms with van der Waals surface area (Å²) >= 11 is 0. The van der Waals surface area contributed by atoms with Crippen molar-refractivity contribution in [3.05, 3.63) is 0 Å². The number of nitrogens with zero attached hydrogens (tertiary/aromatic N) is 1. The maximum Gasteiger partial charge on any atom is 0.317 e. The lowest BCUT2D eigenvalue weighted by molar-refractivity contribution is -0.147. The molecule has 0 spiro atoms. The molecule has 2 rings (SSSR count). The second kappa shape index (κ2) is 6.24. The van der Waals surface area contributed by atoms with E-state index in [0.29, 0.717) is 19.5 Å². The van der Waals surface area contributed by atoms with Gasteiger partial charge in [-0.3, -0.25) is 4.79 Å². The van der Waals surface area contributed by atoms with Crippen LogP contribution in [0.1, 0.15) is 58.8 Å². The van der Waals surface area contributed by atoms with Crippen molar-refractivity contribution in [3.63, 3.8) is 0 Å². The molecule has 1 saturated heterocycles. The summed E-state index contributed by atoms with van der Waals surface area (Å²) in [5.41, 5.74) is -0.533. The first kappa shape index (κ1) is 16.1. The van der Waals surface area contributed by atoms with Crippen molar-refractivity contribution in [2.24, 2.45) is 10.8 Å². The molecule has 1 unspecified atom stereocenters. The largest absolute Gasteiger partial charge is 0.481 e. The first-order chi connectivity index (χ1) is 9.91. The van der Waals surface area contributed by atoms with Gasteiger partial charge in [-0.15, -0.1) is 0 Å². The van der Waals surface area contributed by atoms with Gasteiger partial charge in [0.05, 0.1) is 5.41 Å². The molecule has 5 nitrogen and oxygen atoms in total. The fraction of sp³-hybridized carbons (Fsp3) is 0.875. The summed E-state index contributed by atoms with van der Waals surface area (Å²) in [6.45, 7) is 5.50. The molecule has 0 bridgehead atoms. The molecule has 21 heavy (non-hydrogen) atoms. The van der Waals surface area contributed by atoms with Gasteiger partial charge in [-0.1, -0.05) is 26.2 Å². The van der Waals surface area contributed by atoms with Crippen LogP contribution in [0.3, 0.4) is 0 Å². The van der Waals surface area contributed by atoms with E-state index in [2.05, 4.69) is 12.2 Å². The van der Waals surface area contributed by atoms with Gasteiger partial charge >= 0.3 is 12.0 Å². The summed E-state index contributed by atoms with van der Waals surface area (Å²) in [6, 6.07) is -0.0987. The monoisotopic (exact) mass is 296 g/mol. The number of rotatable bonds is 4. The molecule has 1 aliphatic heterocycles. The van der Waals surface area contributed by atoms with Gasteiger partial charge in [-0.2, -0.15) is 0 Å². The molecular formula is C16H28N2O3. The Hall–Kier alpha value is -1.26. The Morgan fingerprint density at radius 1 is 1.19 bits per heavy atom. The molecule has 1 saturated carbocycles. The third-order valence-electron chi connectivity index (χ3n) is 5.56. The van der Waals surface area contributed by atoms with Crippen LogP contribution in [0, 0.1) is 10.8 Å². The van der Waals surface area contributed by atoms with Crippen LogP contribution in [0.15, 0.2) is 0 Å². The van der Waals surface area contributed by atoms with Crippen LogP contribution in [0.5, 0.6) is 0 Å². The smallest absolute Gasteiger partial charge is 0.317 e. The lowest BCUT2D eigenvalue weighted by atomic mass is 9.72. The van der Waals surface area contributed by atoms with Gasteiger partial charge in [0.15, 0.2) is 0 Å². The van der Waals surface area contributed by atoms with E-state index in [1.165, 1.54) is 32.1 Å². The van der Waals surface area contributed by atoms with Gasteiger partial charge in [0, 0.05) is 19.6 Å². The Labute approximate surface area is 127 Å². The maximum absolute atomic E-state index is 12.3. The maximum atomic E-state index is 12.3. The SMILES string of the molecule is CCC1(CNC(=O)N2CCC(C)(C(=O)O)C2)CCCCC1. The van der Waals surface area contributed by atoms with Crippen LogP contribution in [0.4, 0.5) is 4.79 Å². The van der Waals surface area contributed by atoms with Crippen LogP contribution < -0.4 is 5.32 Å². The van der Waals surface area contributed by atoms with E-state index >= 15 is 0 Å². The minimum Gasteiger partial charge on any atom is -0.481 e.